The van der Waals surface area contributed by atoms with E-state index in [9.17, 15) is 4.79 Å². The Labute approximate surface area is 147 Å². The first-order chi connectivity index (χ1) is 11.7. The van der Waals surface area contributed by atoms with Crippen LogP contribution < -0.4 is 10.6 Å². The quantitative estimate of drug-likeness (QED) is 0.706. The predicted molar refractivity (Wildman–Crippen MR) is 94.9 cm³/mol. The lowest BCUT2D eigenvalue weighted by molar-refractivity contribution is 0.0946. The number of carbonyl (C=O) groups excluding carboxylic acids is 1. The second-order valence-corrected chi connectivity index (χ2v) is 5.85. The van der Waals surface area contributed by atoms with Crippen molar-refractivity contribution in [2.24, 2.45) is 0 Å². The van der Waals surface area contributed by atoms with Crippen LogP contribution in [0.25, 0.3) is 0 Å². The third-order valence-corrected chi connectivity index (χ3v) is 3.66. The minimum absolute atomic E-state index is 0.258. The SMILES string of the molecule is O=C(NCc1ccncc1)c1ccnc(Nc2cccc(Br)c2)n1. The van der Waals surface area contributed by atoms with E-state index in [-0.39, 0.29) is 5.91 Å². The van der Waals surface area contributed by atoms with E-state index in [2.05, 4.69) is 41.5 Å². The molecule has 0 bridgehead atoms. The van der Waals surface area contributed by atoms with E-state index in [0.717, 1.165) is 15.7 Å². The molecule has 0 radical (unpaired) electrons. The molecule has 1 aromatic carbocycles. The van der Waals surface area contributed by atoms with Crippen molar-refractivity contribution in [2.75, 3.05) is 5.32 Å². The first-order valence-electron chi connectivity index (χ1n) is 7.23. The molecule has 0 atom stereocenters. The molecule has 0 aliphatic heterocycles. The van der Waals surface area contributed by atoms with Crippen molar-refractivity contribution in [3.63, 3.8) is 0 Å². The maximum Gasteiger partial charge on any atom is 0.270 e. The molecule has 3 rings (SSSR count). The summed E-state index contributed by atoms with van der Waals surface area (Å²) in [4.78, 5) is 24.6. The number of hydrogen-bond donors (Lipinski definition) is 2. The Balaban J connectivity index is 1.67. The van der Waals surface area contributed by atoms with Gasteiger partial charge in [-0.1, -0.05) is 22.0 Å². The van der Waals surface area contributed by atoms with Gasteiger partial charge in [0.25, 0.3) is 5.91 Å². The van der Waals surface area contributed by atoms with Crippen LogP contribution in [0.1, 0.15) is 16.1 Å². The van der Waals surface area contributed by atoms with Gasteiger partial charge in [-0.3, -0.25) is 9.78 Å². The number of rotatable bonds is 5. The lowest BCUT2D eigenvalue weighted by atomic mass is 10.2. The van der Waals surface area contributed by atoms with Gasteiger partial charge >= 0.3 is 0 Å². The summed E-state index contributed by atoms with van der Waals surface area (Å²) in [6.07, 6.45) is 4.92. The van der Waals surface area contributed by atoms with Crippen molar-refractivity contribution < 1.29 is 4.79 Å². The van der Waals surface area contributed by atoms with Crippen LogP contribution in [0.3, 0.4) is 0 Å². The van der Waals surface area contributed by atoms with E-state index in [1.807, 2.05) is 36.4 Å². The molecule has 1 amide bonds. The molecule has 0 aliphatic rings. The minimum Gasteiger partial charge on any atom is -0.347 e. The molecule has 0 aliphatic carbocycles. The molecule has 0 fully saturated rings. The van der Waals surface area contributed by atoms with E-state index >= 15 is 0 Å². The number of pyridine rings is 1. The number of carbonyl (C=O) groups is 1. The summed E-state index contributed by atoms with van der Waals surface area (Å²) in [5.41, 5.74) is 2.11. The third-order valence-electron chi connectivity index (χ3n) is 3.17. The molecule has 2 aromatic heterocycles. The van der Waals surface area contributed by atoms with Crippen molar-refractivity contribution in [1.82, 2.24) is 20.3 Å². The number of nitrogens with zero attached hydrogens (tertiary/aromatic N) is 3. The maximum absolute atomic E-state index is 12.2. The Kier molecular flexibility index (Phi) is 5.12. The van der Waals surface area contributed by atoms with E-state index in [0.29, 0.717) is 18.2 Å². The summed E-state index contributed by atoms with van der Waals surface area (Å²) in [5, 5.41) is 5.90. The molecule has 2 heterocycles. The summed E-state index contributed by atoms with van der Waals surface area (Å²) < 4.78 is 0.943. The van der Waals surface area contributed by atoms with Gasteiger partial charge in [0.05, 0.1) is 0 Å². The average molecular weight is 384 g/mol. The number of amides is 1. The van der Waals surface area contributed by atoms with Crippen LogP contribution in [-0.2, 0) is 6.54 Å². The van der Waals surface area contributed by atoms with Crippen LogP contribution >= 0.6 is 15.9 Å². The highest BCUT2D eigenvalue weighted by molar-refractivity contribution is 9.10. The second kappa shape index (κ2) is 7.65. The monoisotopic (exact) mass is 383 g/mol. The number of aromatic nitrogens is 3. The van der Waals surface area contributed by atoms with Gasteiger partial charge in [-0.15, -0.1) is 0 Å². The molecule has 7 heteroatoms. The van der Waals surface area contributed by atoms with Crippen LogP contribution in [0.4, 0.5) is 11.6 Å². The summed E-state index contributed by atoms with van der Waals surface area (Å²) in [6.45, 7) is 0.416. The fourth-order valence-corrected chi connectivity index (χ4v) is 2.41. The molecule has 3 aromatic rings. The summed E-state index contributed by atoms with van der Waals surface area (Å²) >= 11 is 3.41. The summed E-state index contributed by atoms with van der Waals surface area (Å²) in [7, 11) is 0. The van der Waals surface area contributed by atoms with Gasteiger partial charge in [0.15, 0.2) is 0 Å². The van der Waals surface area contributed by atoms with E-state index in [1.165, 1.54) is 0 Å². The highest BCUT2D eigenvalue weighted by Gasteiger charge is 2.09. The Morgan fingerprint density at radius 1 is 1.08 bits per heavy atom. The number of hydrogen-bond acceptors (Lipinski definition) is 5. The zero-order valence-electron chi connectivity index (χ0n) is 12.6. The van der Waals surface area contributed by atoms with Crippen molar-refractivity contribution in [1.29, 1.82) is 0 Å². The largest absolute Gasteiger partial charge is 0.347 e. The standard InChI is InChI=1S/C17H14BrN5O/c18-13-2-1-3-14(10-13)22-17-20-9-6-15(23-17)16(24)21-11-12-4-7-19-8-5-12/h1-10H,11H2,(H,21,24)(H,20,22,23). The fraction of sp³-hybridized carbons (Fsp3) is 0.0588. The number of anilines is 2. The Morgan fingerprint density at radius 3 is 2.71 bits per heavy atom. The molecule has 0 saturated carbocycles. The zero-order chi connectivity index (χ0) is 16.8. The fourth-order valence-electron chi connectivity index (χ4n) is 2.01. The molecular formula is C17H14BrN5O. The lowest BCUT2D eigenvalue weighted by Crippen LogP contribution is -2.24. The average Bonchev–Trinajstić information content (AvgIpc) is 2.61. The Hall–Kier alpha value is -2.80. The highest BCUT2D eigenvalue weighted by Crippen LogP contribution is 2.18. The van der Waals surface area contributed by atoms with Crippen LogP contribution in [0.2, 0.25) is 0 Å². The third kappa shape index (κ3) is 4.36. The maximum atomic E-state index is 12.2. The molecule has 2 N–H and O–H groups in total. The Morgan fingerprint density at radius 2 is 1.92 bits per heavy atom. The van der Waals surface area contributed by atoms with Crippen molar-refractivity contribution in [2.45, 2.75) is 6.54 Å². The first-order valence-corrected chi connectivity index (χ1v) is 8.03. The number of nitrogens with one attached hydrogen (secondary N) is 2. The Bertz CT molecular complexity index is 841. The van der Waals surface area contributed by atoms with Gasteiger partial charge in [0.2, 0.25) is 5.95 Å². The van der Waals surface area contributed by atoms with Gasteiger partial charge < -0.3 is 10.6 Å². The van der Waals surface area contributed by atoms with Gasteiger partial charge in [-0.2, -0.15) is 0 Å². The topological polar surface area (TPSA) is 79.8 Å². The minimum atomic E-state index is -0.258. The van der Waals surface area contributed by atoms with Gasteiger partial charge in [0.1, 0.15) is 5.69 Å². The molecule has 0 spiro atoms. The lowest BCUT2D eigenvalue weighted by Gasteiger charge is -2.07. The molecule has 0 unspecified atom stereocenters. The van der Waals surface area contributed by atoms with E-state index in [4.69, 9.17) is 0 Å². The smallest absolute Gasteiger partial charge is 0.270 e. The van der Waals surface area contributed by atoms with Crippen LogP contribution in [0.5, 0.6) is 0 Å². The van der Waals surface area contributed by atoms with Gasteiger partial charge in [-0.25, -0.2) is 9.97 Å². The molecule has 24 heavy (non-hydrogen) atoms. The van der Waals surface area contributed by atoms with Crippen molar-refractivity contribution in [3.05, 3.63) is 76.8 Å². The first kappa shape index (κ1) is 16.1. The molecule has 120 valence electrons. The normalized spacial score (nSPS) is 10.2. The molecule has 6 nitrogen and oxygen atoms in total. The molecular weight excluding hydrogens is 370 g/mol. The van der Waals surface area contributed by atoms with E-state index in [1.54, 1.807) is 24.7 Å². The van der Waals surface area contributed by atoms with Crippen LogP contribution in [0, 0.1) is 0 Å². The predicted octanol–water partition coefficient (Wildman–Crippen LogP) is 3.31. The van der Waals surface area contributed by atoms with Gasteiger partial charge in [-0.05, 0) is 42.0 Å². The second-order valence-electron chi connectivity index (χ2n) is 4.94. The van der Waals surface area contributed by atoms with Crippen molar-refractivity contribution in [3.8, 4) is 0 Å². The number of benzene rings is 1. The highest BCUT2D eigenvalue weighted by atomic mass is 79.9. The van der Waals surface area contributed by atoms with Crippen LogP contribution in [-0.4, -0.2) is 20.9 Å². The van der Waals surface area contributed by atoms with Crippen molar-refractivity contribution >= 4 is 33.5 Å². The van der Waals surface area contributed by atoms with E-state index < -0.39 is 0 Å². The van der Waals surface area contributed by atoms with Gasteiger partial charge in [0, 0.05) is 35.3 Å². The van der Waals surface area contributed by atoms with Crippen LogP contribution in [0.15, 0.2) is 65.5 Å². The summed E-state index contributed by atoms with van der Waals surface area (Å²) in [5.74, 6) is 0.108. The number of halogens is 1. The molecule has 0 saturated heterocycles. The summed E-state index contributed by atoms with van der Waals surface area (Å²) in [6, 6.07) is 12.9. The zero-order valence-corrected chi connectivity index (χ0v) is 14.2.